The standard InChI is InChI=1S/C15H28N4O/c1-5-18(6-2)7-8-19(11-12(3)4)15(20)14-9-13(16)10-17-14/h9-10,12,17H,5-8,11,16H2,1-4H3. The second-order valence-electron chi connectivity index (χ2n) is 5.52. The Morgan fingerprint density at radius 1 is 1.30 bits per heavy atom. The SMILES string of the molecule is CCN(CC)CCN(CC(C)C)C(=O)c1cc(N)c[nH]1. The second kappa shape index (κ2) is 7.94. The van der Waals surface area contributed by atoms with Gasteiger partial charge in [-0.25, -0.2) is 0 Å². The number of hydrogen-bond acceptors (Lipinski definition) is 3. The monoisotopic (exact) mass is 280 g/mol. The number of aromatic amines is 1. The normalized spacial score (nSPS) is 11.3. The lowest BCUT2D eigenvalue weighted by Crippen LogP contribution is -2.40. The fourth-order valence-electron chi connectivity index (χ4n) is 2.22. The first-order valence-corrected chi connectivity index (χ1v) is 7.43. The Bertz CT molecular complexity index is 410. The molecule has 20 heavy (non-hydrogen) atoms. The molecule has 0 fully saturated rings. The number of amides is 1. The Hall–Kier alpha value is -1.49. The highest BCUT2D eigenvalue weighted by atomic mass is 16.2. The molecule has 5 nitrogen and oxygen atoms in total. The van der Waals surface area contributed by atoms with Crippen LogP contribution in [0.2, 0.25) is 0 Å². The Labute approximate surface area is 122 Å². The Morgan fingerprint density at radius 2 is 1.95 bits per heavy atom. The van der Waals surface area contributed by atoms with Gasteiger partial charge in [-0.2, -0.15) is 0 Å². The average Bonchev–Trinajstić information content (AvgIpc) is 2.84. The first-order chi connectivity index (χ1) is 9.47. The zero-order valence-electron chi connectivity index (χ0n) is 13.1. The molecule has 1 rings (SSSR count). The second-order valence-corrected chi connectivity index (χ2v) is 5.52. The molecular formula is C15H28N4O. The molecular weight excluding hydrogens is 252 g/mol. The van der Waals surface area contributed by atoms with Gasteiger partial charge < -0.3 is 20.5 Å². The van der Waals surface area contributed by atoms with E-state index in [2.05, 4.69) is 37.6 Å². The maximum atomic E-state index is 12.5. The minimum Gasteiger partial charge on any atom is -0.397 e. The van der Waals surface area contributed by atoms with E-state index in [9.17, 15) is 4.79 Å². The molecule has 0 unspecified atom stereocenters. The third kappa shape index (κ3) is 4.89. The summed E-state index contributed by atoms with van der Waals surface area (Å²) in [5.74, 6) is 0.477. The van der Waals surface area contributed by atoms with Gasteiger partial charge in [0.1, 0.15) is 5.69 Å². The molecule has 0 bridgehead atoms. The molecule has 0 radical (unpaired) electrons. The summed E-state index contributed by atoms with van der Waals surface area (Å²) in [7, 11) is 0. The molecule has 3 N–H and O–H groups in total. The highest BCUT2D eigenvalue weighted by Gasteiger charge is 2.18. The number of anilines is 1. The molecule has 0 atom stereocenters. The summed E-state index contributed by atoms with van der Waals surface area (Å²) in [4.78, 5) is 19.7. The van der Waals surface area contributed by atoms with Crippen LogP contribution in [0.1, 0.15) is 38.2 Å². The van der Waals surface area contributed by atoms with Gasteiger partial charge in [-0.15, -0.1) is 0 Å². The average molecular weight is 280 g/mol. The van der Waals surface area contributed by atoms with Crippen molar-refractivity contribution in [3.8, 4) is 0 Å². The fraction of sp³-hybridized carbons (Fsp3) is 0.667. The number of aromatic nitrogens is 1. The van der Waals surface area contributed by atoms with E-state index in [1.54, 1.807) is 12.3 Å². The van der Waals surface area contributed by atoms with Crippen molar-refractivity contribution < 1.29 is 4.79 Å². The van der Waals surface area contributed by atoms with E-state index in [4.69, 9.17) is 5.73 Å². The van der Waals surface area contributed by atoms with Crippen molar-refractivity contribution in [2.24, 2.45) is 5.92 Å². The van der Waals surface area contributed by atoms with Crippen molar-refractivity contribution in [1.82, 2.24) is 14.8 Å². The van der Waals surface area contributed by atoms with E-state index in [0.29, 0.717) is 17.3 Å². The van der Waals surface area contributed by atoms with Crippen molar-refractivity contribution in [2.45, 2.75) is 27.7 Å². The zero-order valence-corrected chi connectivity index (χ0v) is 13.1. The van der Waals surface area contributed by atoms with Gasteiger partial charge in [-0.3, -0.25) is 4.79 Å². The number of carbonyl (C=O) groups is 1. The van der Waals surface area contributed by atoms with Crippen LogP contribution < -0.4 is 5.73 Å². The number of rotatable bonds is 8. The molecule has 1 heterocycles. The minimum atomic E-state index is 0.0301. The molecule has 0 aliphatic heterocycles. The van der Waals surface area contributed by atoms with E-state index in [1.807, 2.05) is 4.90 Å². The van der Waals surface area contributed by atoms with Crippen LogP contribution in [0.15, 0.2) is 12.3 Å². The van der Waals surface area contributed by atoms with E-state index in [0.717, 1.165) is 32.7 Å². The number of nitrogens with two attached hydrogens (primary N) is 1. The minimum absolute atomic E-state index is 0.0301. The molecule has 0 aromatic carbocycles. The number of likely N-dealkylation sites (N-methyl/N-ethyl adjacent to an activating group) is 1. The summed E-state index contributed by atoms with van der Waals surface area (Å²) < 4.78 is 0. The van der Waals surface area contributed by atoms with E-state index in [-0.39, 0.29) is 5.91 Å². The van der Waals surface area contributed by atoms with E-state index >= 15 is 0 Å². The van der Waals surface area contributed by atoms with Gasteiger partial charge in [-0.05, 0) is 25.1 Å². The maximum Gasteiger partial charge on any atom is 0.270 e. The van der Waals surface area contributed by atoms with Crippen LogP contribution in [0.5, 0.6) is 0 Å². The molecule has 0 spiro atoms. The first-order valence-electron chi connectivity index (χ1n) is 7.43. The summed E-state index contributed by atoms with van der Waals surface area (Å²) in [6.07, 6.45) is 1.66. The molecule has 0 aliphatic rings. The highest BCUT2D eigenvalue weighted by molar-refractivity contribution is 5.93. The molecule has 0 saturated heterocycles. The third-order valence-electron chi connectivity index (χ3n) is 3.39. The lowest BCUT2D eigenvalue weighted by molar-refractivity contribution is 0.0711. The Morgan fingerprint density at radius 3 is 2.40 bits per heavy atom. The van der Waals surface area contributed by atoms with Crippen LogP contribution in [-0.2, 0) is 0 Å². The van der Waals surface area contributed by atoms with Crippen LogP contribution in [0, 0.1) is 5.92 Å². The van der Waals surface area contributed by atoms with Crippen LogP contribution >= 0.6 is 0 Å². The van der Waals surface area contributed by atoms with Crippen molar-refractivity contribution in [3.63, 3.8) is 0 Å². The molecule has 5 heteroatoms. The Kier molecular flexibility index (Phi) is 6.58. The number of H-pyrrole nitrogens is 1. The highest BCUT2D eigenvalue weighted by Crippen LogP contribution is 2.10. The molecule has 0 aliphatic carbocycles. The summed E-state index contributed by atoms with van der Waals surface area (Å²) >= 11 is 0. The van der Waals surface area contributed by atoms with Crippen molar-refractivity contribution in [3.05, 3.63) is 18.0 Å². The van der Waals surface area contributed by atoms with Crippen molar-refractivity contribution in [1.29, 1.82) is 0 Å². The van der Waals surface area contributed by atoms with E-state index < -0.39 is 0 Å². The lowest BCUT2D eigenvalue weighted by atomic mass is 10.2. The van der Waals surface area contributed by atoms with Crippen molar-refractivity contribution in [2.75, 3.05) is 38.5 Å². The largest absolute Gasteiger partial charge is 0.397 e. The number of nitrogens with zero attached hydrogens (tertiary/aromatic N) is 2. The molecule has 1 amide bonds. The summed E-state index contributed by atoms with van der Waals surface area (Å²) in [6, 6.07) is 1.70. The van der Waals surface area contributed by atoms with Gasteiger partial charge in [-0.1, -0.05) is 27.7 Å². The summed E-state index contributed by atoms with van der Waals surface area (Å²) in [5, 5.41) is 0. The van der Waals surface area contributed by atoms with Crippen LogP contribution in [-0.4, -0.2) is 53.4 Å². The lowest BCUT2D eigenvalue weighted by Gasteiger charge is -2.27. The molecule has 0 saturated carbocycles. The number of hydrogen-bond donors (Lipinski definition) is 2. The van der Waals surface area contributed by atoms with Crippen LogP contribution in [0.4, 0.5) is 5.69 Å². The quantitative estimate of drug-likeness (QED) is 0.766. The van der Waals surface area contributed by atoms with Crippen LogP contribution in [0.3, 0.4) is 0 Å². The predicted octanol–water partition coefficient (Wildman–Crippen LogP) is 2.04. The zero-order chi connectivity index (χ0) is 15.1. The third-order valence-corrected chi connectivity index (χ3v) is 3.39. The Balaban J connectivity index is 2.70. The number of nitrogen functional groups attached to an aromatic ring is 1. The first kappa shape index (κ1) is 16.6. The van der Waals surface area contributed by atoms with Gasteiger partial charge >= 0.3 is 0 Å². The molecule has 1 aromatic heterocycles. The topological polar surface area (TPSA) is 65.4 Å². The van der Waals surface area contributed by atoms with Gasteiger partial charge in [0.15, 0.2) is 0 Å². The maximum absolute atomic E-state index is 12.5. The summed E-state index contributed by atoms with van der Waals surface area (Å²) in [6.45, 7) is 13.0. The number of carbonyl (C=O) groups excluding carboxylic acids is 1. The molecule has 1 aromatic rings. The fourth-order valence-corrected chi connectivity index (χ4v) is 2.22. The van der Waals surface area contributed by atoms with Gasteiger partial charge in [0.25, 0.3) is 5.91 Å². The van der Waals surface area contributed by atoms with Gasteiger partial charge in [0, 0.05) is 31.5 Å². The van der Waals surface area contributed by atoms with Gasteiger partial charge in [0.2, 0.25) is 0 Å². The van der Waals surface area contributed by atoms with Crippen LogP contribution in [0.25, 0.3) is 0 Å². The smallest absolute Gasteiger partial charge is 0.270 e. The molecule has 114 valence electrons. The van der Waals surface area contributed by atoms with Gasteiger partial charge in [0.05, 0.1) is 0 Å². The summed E-state index contributed by atoms with van der Waals surface area (Å²) in [5.41, 5.74) is 6.84. The predicted molar refractivity (Wildman–Crippen MR) is 83.7 cm³/mol. The van der Waals surface area contributed by atoms with Crippen molar-refractivity contribution >= 4 is 11.6 Å². The van der Waals surface area contributed by atoms with E-state index in [1.165, 1.54) is 0 Å². The number of nitrogens with one attached hydrogen (secondary N) is 1.